The molecule has 0 aromatic heterocycles. The molecular weight excluding hydrogens is 261 g/mol. The van der Waals surface area contributed by atoms with Gasteiger partial charge in [0, 0.05) is 22.6 Å². The van der Waals surface area contributed by atoms with Gasteiger partial charge >= 0.3 is 0 Å². The molecule has 0 saturated heterocycles. The van der Waals surface area contributed by atoms with Gasteiger partial charge in [0.05, 0.1) is 7.11 Å². The van der Waals surface area contributed by atoms with E-state index in [1.807, 2.05) is 30.9 Å². The van der Waals surface area contributed by atoms with E-state index in [4.69, 9.17) is 4.74 Å². The number of rotatable bonds is 6. The van der Waals surface area contributed by atoms with Crippen LogP contribution in [-0.4, -0.2) is 25.2 Å². The highest BCUT2D eigenvalue weighted by Gasteiger charge is 2.21. The maximum absolute atomic E-state index is 14.2. The molecule has 0 bridgehead atoms. The van der Waals surface area contributed by atoms with Gasteiger partial charge < -0.3 is 10.1 Å². The van der Waals surface area contributed by atoms with Crippen molar-refractivity contribution >= 4 is 11.8 Å². The zero-order chi connectivity index (χ0) is 13.7. The molecule has 1 aromatic carbocycles. The van der Waals surface area contributed by atoms with Crippen LogP contribution < -0.4 is 10.1 Å². The first kappa shape index (κ1) is 14.7. The highest BCUT2D eigenvalue weighted by molar-refractivity contribution is 7.99. The molecule has 1 fully saturated rings. The highest BCUT2D eigenvalue weighted by atomic mass is 32.2. The molecule has 0 heterocycles. The third-order valence-electron chi connectivity index (χ3n) is 3.74. The average molecular weight is 283 g/mol. The third-order valence-corrected chi connectivity index (χ3v) is 5.21. The molecule has 106 valence electrons. The molecule has 0 amide bonds. The van der Waals surface area contributed by atoms with Crippen LogP contribution in [0.4, 0.5) is 4.39 Å². The number of hydrogen-bond acceptors (Lipinski definition) is 3. The SMILES string of the molecule is CNC(CSC1CCCC1)c1cccc(OC)c1F. The van der Waals surface area contributed by atoms with Crippen molar-refractivity contribution in [1.29, 1.82) is 0 Å². The smallest absolute Gasteiger partial charge is 0.169 e. The van der Waals surface area contributed by atoms with Gasteiger partial charge in [-0.25, -0.2) is 4.39 Å². The Hall–Kier alpha value is -0.740. The Morgan fingerprint density at radius 1 is 1.42 bits per heavy atom. The molecule has 2 rings (SSSR count). The summed E-state index contributed by atoms with van der Waals surface area (Å²) in [5.74, 6) is 0.991. The van der Waals surface area contributed by atoms with Crippen molar-refractivity contribution in [1.82, 2.24) is 5.32 Å². The van der Waals surface area contributed by atoms with Gasteiger partial charge in [-0.05, 0) is 26.0 Å². The minimum Gasteiger partial charge on any atom is -0.494 e. The second kappa shape index (κ2) is 7.15. The number of hydrogen-bond donors (Lipinski definition) is 1. The number of ether oxygens (including phenoxy) is 1. The lowest BCUT2D eigenvalue weighted by Crippen LogP contribution is -2.21. The fraction of sp³-hybridized carbons (Fsp3) is 0.600. The lowest BCUT2D eigenvalue weighted by atomic mass is 10.1. The van der Waals surface area contributed by atoms with Crippen LogP contribution in [0.2, 0.25) is 0 Å². The van der Waals surface area contributed by atoms with E-state index < -0.39 is 0 Å². The van der Waals surface area contributed by atoms with E-state index in [1.165, 1.54) is 32.8 Å². The average Bonchev–Trinajstić information content (AvgIpc) is 2.94. The minimum atomic E-state index is -0.239. The van der Waals surface area contributed by atoms with Crippen molar-refractivity contribution in [3.63, 3.8) is 0 Å². The fourth-order valence-electron chi connectivity index (χ4n) is 2.57. The van der Waals surface area contributed by atoms with E-state index >= 15 is 0 Å². The summed E-state index contributed by atoms with van der Waals surface area (Å²) in [7, 11) is 3.39. The molecule has 2 nitrogen and oxygen atoms in total. The van der Waals surface area contributed by atoms with Crippen LogP contribution in [0.5, 0.6) is 5.75 Å². The third kappa shape index (κ3) is 3.63. The van der Waals surface area contributed by atoms with Gasteiger partial charge in [0.2, 0.25) is 0 Å². The molecule has 0 spiro atoms. The van der Waals surface area contributed by atoms with E-state index in [0.717, 1.165) is 11.0 Å². The first-order valence-electron chi connectivity index (χ1n) is 6.87. The van der Waals surface area contributed by atoms with Gasteiger partial charge in [-0.2, -0.15) is 11.8 Å². The van der Waals surface area contributed by atoms with Crippen LogP contribution in [0.25, 0.3) is 0 Å². The van der Waals surface area contributed by atoms with Crippen molar-refractivity contribution in [2.45, 2.75) is 37.0 Å². The summed E-state index contributed by atoms with van der Waals surface area (Å²) >= 11 is 1.96. The van der Waals surface area contributed by atoms with Gasteiger partial charge in [-0.15, -0.1) is 0 Å². The largest absolute Gasteiger partial charge is 0.494 e. The fourth-order valence-corrected chi connectivity index (χ4v) is 4.05. The van der Waals surface area contributed by atoms with E-state index in [0.29, 0.717) is 11.3 Å². The molecule has 1 aromatic rings. The Morgan fingerprint density at radius 3 is 2.79 bits per heavy atom. The number of halogens is 1. The Kier molecular flexibility index (Phi) is 5.52. The molecular formula is C15H22FNOS. The molecule has 0 radical (unpaired) electrons. The topological polar surface area (TPSA) is 21.3 Å². The number of methoxy groups -OCH3 is 1. The molecule has 0 aliphatic heterocycles. The van der Waals surface area contributed by atoms with Crippen molar-refractivity contribution in [2.24, 2.45) is 0 Å². The quantitative estimate of drug-likeness (QED) is 0.858. The van der Waals surface area contributed by atoms with E-state index in [9.17, 15) is 4.39 Å². The Labute approximate surface area is 119 Å². The lowest BCUT2D eigenvalue weighted by Gasteiger charge is -2.20. The highest BCUT2D eigenvalue weighted by Crippen LogP contribution is 2.33. The van der Waals surface area contributed by atoms with Crippen molar-refractivity contribution in [2.75, 3.05) is 19.9 Å². The summed E-state index contributed by atoms with van der Waals surface area (Å²) in [4.78, 5) is 0. The second-order valence-corrected chi connectivity index (χ2v) is 6.28. The standard InChI is InChI=1S/C15H22FNOS/c1-17-13(10-19-11-6-3-4-7-11)12-8-5-9-14(18-2)15(12)16/h5,8-9,11,13,17H,3-4,6-7,10H2,1-2H3. The molecule has 1 N–H and O–H groups in total. The first-order valence-corrected chi connectivity index (χ1v) is 7.92. The maximum Gasteiger partial charge on any atom is 0.169 e. The molecule has 19 heavy (non-hydrogen) atoms. The Morgan fingerprint density at radius 2 is 2.16 bits per heavy atom. The molecule has 1 unspecified atom stereocenters. The number of thioether (sulfide) groups is 1. The Bertz CT molecular complexity index is 407. The van der Waals surface area contributed by atoms with Gasteiger partial charge in [0.1, 0.15) is 0 Å². The van der Waals surface area contributed by atoms with E-state index in [2.05, 4.69) is 5.32 Å². The van der Waals surface area contributed by atoms with Crippen LogP contribution in [0.3, 0.4) is 0 Å². The Balaban J connectivity index is 2.03. The molecule has 1 aliphatic rings. The van der Waals surface area contributed by atoms with Gasteiger partial charge in [-0.3, -0.25) is 0 Å². The predicted molar refractivity (Wildman–Crippen MR) is 79.5 cm³/mol. The summed E-state index contributed by atoms with van der Waals surface area (Å²) in [5, 5.41) is 3.97. The van der Waals surface area contributed by atoms with Crippen LogP contribution in [0.15, 0.2) is 18.2 Å². The zero-order valence-corrected chi connectivity index (χ0v) is 12.4. The van der Waals surface area contributed by atoms with E-state index in [-0.39, 0.29) is 11.9 Å². The van der Waals surface area contributed by atoms with Gasteiger partial charge in [-0.1, -0.05) is 25.0 Å². The van der Waals surface area contributed by atoms with Crippen LogP contribution in [0.1, 0.15) is 37.3 Å². The predicted octanol–water partition coefficient (Wildman–Crippen LogP) is 3.77. The van der Waals surface area contributed by atoms with Crippen molar-refractivity contribution < 1.29 is 9.13 Å². The second-order valence-electron chi connectivity index (χ2n) is 4.94. The van der Waals surface area contributed by atoms with Crippen molar-refractivity contribution in [3.8, 4) is 5.75 Å². The summed E-state index contributed by atoms with van der Waals surface area (Å²) in [6.45, 7) is 0. The van der Waals surface area contributed by atoms with Crippen LogP contribution in [0, 0.1) is 5.82 Å². The molecule has 1 aliphatic carbocycles. The van der Waals surface area contributed by atoms with Gasteiger partial charge in [0.25, 0.3) is 0 Å². The lowest BCUT2D eigenvalue weighted by molar-refractivity contribution is 0.381. The molecule has 1 atom stereocenters. The maximum atomic E-state index is 14.2. The summed E-state index contributed by atoms with van der Waals surface area (Å²) in [6, 6.07) is 5.40. The van der Waals surface area contributed by atoms with Crippen molar-refractivity contribution in [3.05, 3.63) is 29.6 Å². The zero-order valence-electron chi connectivity index (χ0n) is 11.6. The molecule has 1 saturated carbocycles. The summed E-state index contributed by atoms with van der Waals surface area (Å²) < 4.78 is 19.3. The van der Waals surface area contributed by atoms with Crippen LogP contribution >= 0.6 is 11.8 Å². The number of nitrogens with one attached hydrogen (secondary N) is 1. The molecule has 4 heteroatoms. The normalized spacial score (nSPS) is 17.6. The summed E-state index contributed by atoms with van der Waals surface area (Å²) in [6.07, 6.45) is 5.30. The minimum absolute atomic E-state index is 0.0423. The van der Waals surface area contributed by atoms with E-state index in [1.54, 1.807) is 6.07 Å². The monoisotopic (exact) mass is 283 g/mol. The van der Waals surface area contributed by atoms with Gasteiger partial charge in [0.15, 0.2) is 11.6 Å². The number of benzene rings is 1. The van der Waals surface area contributed by atoms with Crippen LogP contribution in [-0.2, 0) is 0 Å². The summed E-state index contributed by atoms with van der Waals surface area (Å²) in [5.41, 5.74) is 0.701. The first-order chi connectivity index (χ1) is 9.26.